The molecular weight excluding hydrogens is 242 g/mol. The summed E-state index contributed by atoms with van der Waals surface area (Å²) in [6.07, 6.45) is 0.253. The first-order valence-electron chi connectivity index (χ1n) is 5.90. The second-order valence-electron chi connectivity index (χ2n) is 4.34. The Morgan fingerprint density at radius 1 is 1.11 bits per heavy atom. The second-order valence-corrected chi connectivity index (χ2v) is 4.34. The summed E-state index contributed by atoms with van der Waals surface area (Å²) >= 11 is 0. The number of rotatable bonds is 4. The van der Waals surface area contributed by atoms with Gasteiger partial charge in [0.05, 0.1) is 4.92 Å². The standard InChI is InChI=1S/C15H13NO3/c1-11-4-2-3-5-14(11)15(17)10-12-6-8-13(9-7-12)16(18)19/h2-9H,10H2,1H3. The molecule has 4 heteroatoms. The molecular formula is C15H13NO3. The zero-order valence-electron chi connectivity index (χ0n) is 10.5. The fraction of sp³-hybridized carbons (Fsp3) is 0.133. The Balaban J connectivity index is 2.15. The largest absolute Gasteiger partial charge is 0.294 e. The molecule has 2 rings (SSSR count). The lowest BCUT2D eigenvalue weighted by Crippen LogP contribution is -2.05. The van der Waals surface area contributed by atoms with E-state index < -0.39 is 4.92 Å². The monoisotopic (exact) mass is 255 g/mol. The summed E-state index contributed by atoms with van der Waals surface area (Å²) in [6.45, 7) is 1.89. The van der Waals surface area contributed by atoms with E-state index in [0.29, 0.717) is 5.56 Å². The Bertz CT molecular complexity index is 618. The van der Waals surface area contributed by atoms with Crippen LogP contribution in [0.2, 0.25) is 0 Å². The maximum absolute atomic E-state index is 12.1. The summed E-state index contributed by atoms with van der Waals surface area (Å²) in [5, 5.41) is 10.5. The minimum atomic E-state index is -0.451. The van der Waals surface area contributed by atoms with Crippen molar-refractivity contribution in [2.75, 3.05) is 0 Å². The highest BCUT2D eigenvalue weighted by atomic mass is 16.6. The fourth-order valence-electron chi connectivity index (χ4n) is 1.90. The van der Waals surface area contributed by atoms with Gasteiger partial charge in [-0.2, -0.15) is 0 Å². The van der Waals surface area contributed by atoms with Crippen LogP contribution in [-0.4, -0.2) is 10.7 Å². The first-order chi connectivity index (χ1) is 9.08. The van der Waals surface area contributed by atoms with Gasteiger partial charge in [0.2, 0.25) is 0 Å². The van der Waals surface area contributed by atoms with Crippen molar-refractivity contribution in [1.29, 1.82) is 0 Å². The van der Waals surface area contributed by atoms with Crippen molar-refractivity contribution >= 4 is 11.5 Å². The highest BCUT2D eigenvalue weighted by Gasteiger charge is 2.10. The molecule has 0 aromatic heterocycles. The van der Waals surface area contributed by atoms with E-state index in [0.717, 1.165) is 11.1 Å². The number of benzene rings is 2. The van der Waals surface area contributed by atoms with Gasteiger partial charge in [-0.25, -0.2) is 0 Å². The quantitative estimate of drug-likeness (QED) is 0.478. The third-order valence-corrected chi connectivity index (χ3v) is 2.96. The number of Topliss-reactive ketones (excluding diaryl/α,β-unsaturated/α-hetero) is 1. The Kier molecular flexibility index (Phi) is 3.71. The summed E-state index contributed by atoms with van der Waals surface area (Å²) in [5.41, 5.74) is 2.45. The Morgan fingerprint density at radius 2 is 1.74 bits per heavy atom. The van der Waals surface area contributed by atoms with E-state index in [1.807, 2.05) is 25.1 Å². The lowest BCUT2D eigenvalue weighted by molar-refractivity contribution is -0.384. The first kappa shape index (κ1) is 13.0. The molecule has 0 radical (unpaired) electrons. The van der Waals surface area contributed by atoms with E-state index in [4.69, 9.17) is 0 Å². The SMILES string of the molecule is Cc1ccccc1C(=O)Cc1ccc([N+](=O)[O-])cc1. The Morgan fingerprint density at radius 3 is 2.32 bits per heavy atom. The molecule has 19 heavy (non-hydrogen) atoms. The van der Waals surface area contributed by atoms with Crippen LogP contribution in [0.25, 0.3) is 0 Å². The van der Waals surface area contributed by atoms with Crippen LogP contribution in [0.4, 0.5) is 5.69 Å². The molecule has 0 amide bonds. The van der Waals surface area contributed by atoms with Crippen LogP contribution in [0.3, 0.4) is 0 Å². The smallest absolute Gasteiger partial charge is 0.269 e. The van der Waals surface area contributed by atoms with Gasteiger partial charge in [-0.1, -0.05) is 36.4 Å². The van der Waals surface area contributed by atoms with E-state index in [2.05, 4.69) is 0 Å². The van der Waals surface area contributed by atoms with Gasteiger partial charge in [0, 0.05) is 24.1 Å². The third kappa shape index (κ3) is 3.04. The van der Waals surface area contributed by atoms with E-state index in [1.165, 1.54) is 12.1 Å². The van der Waals surface area contributed by atoms with Gasteiger partial charge in [-0.15, -0.1) is 0 Å². The van der Waals surface area contributed by atoms with Gasteiger partial charge in [0.1, 0.15) is 0 Å². The Hall–Kier alpha value is -2.49. The summed E-state index contributed by atoms with van der Waals surface area (Å²) in [7, 11) is 0. The molecule has 0 spiro atoms. The van der Waals surface area contributed by atoms with Crippen molar-refractivity contribution in [1.82, 2.24) is 0 Å². The number of carbonyl (C=O) groups is 1. The predicted octanol–water partition coefficient (Wildman–Crippen LogP) is 3.33. The van der Waals surface area contributed by atoms with Gasteiger partial charge in [-0.3, -0.25) is 14.9 Å². The molecule has 0 aliphatic rings. The molecule has 0 aliphatic heterocycles. The molecule has 0 bridgehead atoms. The van der Waals surface area contributed by atoms with E-state index >= 15 is 0 Å². The summed E-state index contributed by atoms with van der Waals surface area (Å²) in [6, 6.07) is 13.5. The highest BCUT2D eigenvalue weighted by Crippen LogP contribution is 2.15. The molecule has 0 fully saturated rings. The number of ketones is 1. The molecule has 0 saturated heterocycles. The average molecular weight is 255 g/mol. The number of hydrogen-bond acceptors (Lipinski definition) is 3. The summed E-state index contributed by atoms with van der Waals surface area (Å²) in [5.74, 6) is 0.0203. The topological polar surface area (TPSA) is 60.2 Å². The zero-order valence-corrected chi connectivity index (χ0v) is 10.5. The van der Waals surface area contributed by atoms with Crippen LogP contribution in [-0.2, 0) is 6.42 Å². The number of hydrogen-bond donors (Lipinski definition) is 0. The van der Waals surface area contributed by atoms with Crippen LogP contribution >= 0.6 is 0 Å². The van der Waals surface area contributed by atoms with Crippen LogP contribution in [0, 0.1) is 17.0 Å². The zero-order chi connectivity index (χ0) is 13.8. The molecule has 0 atom stereocenters. The predicted molar refractivity (Wildman–Crippen MR) is 72.3 cm³/mol. The maximum atomic E-state index is 12.1. The number of nitro benzene ring substituents is 1. The van der Waals surface area contributed by atoms with Gasteiger partial charge in [0.25, 0.3) is 5.69 Å². The van der Waals surface area contributed by atoms with Crippen LogP contribution in [0.5, 0.6) is 0 Å². The lowest BCUT2D eigenvalue weighted by atomic mass is 9.99. The van der Waals surface area contributed by atoms with Crippen molar-refractivity contribution in [3.8, 4) is 0 Å². The van der Waals surface area contributed by atoms with Crippen molar-refractivity contribution in [2.45, 2.75) is 13.3 Å². The molecule has 4 nitrogen and oxygen atoms in total. The van der Waals surface area contributed by atoms with E-state index in [-0.39, 0.29) is 17.9 Å². The molecule has 0 unspecified atom stereocenters. The van der Waals surface area contributed by atoms with Crippen molar-refractivity contribution < 1.29 is 9.72 Å². The Labute approximate surface area is 110 Å². The van der Waals surface area contributed by atoms with Crippen molar-refractivity contribution in [3.63, 3.8) is 0 Å². The van der Waals surface area contributed by atoms with E-state index in [9.17, 15) is 14.9 Å². The minimum absolute atomic E-state index is 0.0203. The molecule has 2 aromatic rings. The number of nitrogens with zero attached hydrogens (tertiary/aromatic N) is 1. The minimum Gasteiger partial charge on any atom is -0.294 e. The molecule has 0 N–H and O–H groups in total. The molecule has 0 aliphatic carbocycles. The third-order valence-electron chi connectivity index (χ3n) is 2.96. The first-order valence-corrected chi connectivity index (χ1v) is 5.90. The van der Waals surface area contributed by atoms with Gasteiger partial charge < -0.3 is 0 Å². The van der Waals surface area contributed by atoms with Crippen LogP contribution in [0.15, 0.2) is 48.5 Å². The molecule has 96 valence electrons. The second kappa shape index (κ2) is 5.44. The number of carbonyl (C=O) groups excluding carboxylic acids is 1. The fourth-order valence-corrected chi connectivity index (χ4v) is 1.90. The van der Waals surface area contributed by atoms with Crippen LogP contribution in [0.1, 0.15) is 21.5 Å². The normalized spacial score (nSPS) is 10.2. The van der Waals surface area contributed by atoms with Gasteiger partial charge >= 0.3 is 0 Å². The van der Waals surface area contributed by atoms with Gasteiger partial charge in [0.15, 0.2) is 5.78 Å². The number of nitro groups is 1. The number of non-ortho nitro benzene ring substituents is 1. The summed E-state index contributed by atoms with van der Waals surface area (Å²) < 4.78 is 0. The van der Waals surface area contributed by atoms with Crippen LogP contribution < -0.4 is 0 Å². The maximum Gasteiger partial charge on any atom is 0.269 e. The molecule has 0 saturated carbocycles. The van der Waals surface area contributed by atoms with Gasteiger partial charge in [-0.05, 0) is 18.1 Å². The number of aryl methyl sites for hydroxylation is 1. The lowest BCUT2D eigenvalue weighted by Gasteiger charge is -2.04. The van der Waals surface area contributed by atoms with Crippen molar-refractivity contribution in [3.05, 3.63) is 75.3 Å². The summed E-state index contributed by atoms with van der Waals surface area (Å²) in [4.78, 5) is 22.2. The molecule has 2 aromatic carbocycles. The highest BCUT2D eigenvalue weighted by molar-refractivity contribution is 5.98. The molecule has 0 heterocycles. The average Bonchev–Trinajstić information content (AvgIpc) is 2.39. The van der Waals surface area contributed by atoms with Crippen molar-refractivity contribution in [2.24, 2.45) is 0 Å². The van der Waals surface area contributed by atoms with E-state index in [1.54, 1.807) is 18.2 Å².